The maximum absolute atomic E-state index is 12.0. The fraction of sp³-hybridized carbons (Fsp3) is 0.688. The van der Waals surface area contributed by atoms with Crippen molar-refractivity contribution in [2.75, 3.05) is 13.1 Å². The quantitative estimate of drug-likeness (QED) is 0.893. The van der Waals surface area contributed by atoms with E-state index in [9.17, 15) is 8.42 Å². The van der Waals surface area contributed by atoms with Crippen LogP contribution in [0.3, 0.4) is 0 Å². The molecule has 3 aliphatic rings. The Kier molecular flexibility index (Phi) is 3.51. The fourth-order valence-electron chi connectivity index (χ4n) is 4.02. The van der Waals surface area contributed by atoms with Crippen LogP contribution < -0.4 is 4.72 Å². The molecule has 6 heteroatoms. The van der Waals surface area contributed by atoms with Crippen molar-refractivity contribution in [2.24, 2.45) is 5.41 Å². The van der Waals surface area contributed by atoms with Crippen LogP contribution in [0.5, 0.6) is 0 Å². The number of likely N-dealkylation sites (tertiary alicyclic amines) is 1. The zero-order chi connectivity index (χ0) is 15.2. The predicted molar refractivity (Wildman–Crippen MR) is 84.7 cm³/mol. The van der Waals surface area contributed by atoms with Gasteiger partial charge in [-0.3, -0.25) is 9.88 Å². The summed E-state index contributed by atoms with van der Waals surface area (Å²) >= 11 is 0. The first kappa shape index (κ1) is 14.6. The molecule has 2 saturated carbocycles. The van der Waals surface area contributed by atoms with Gasteiger partial charge in [-0.25, -0.2) is 13.1 Å². The molecular formula is C16H23N3O2S. The Morgan fingerprint density at radius 2 is 2.00 bits per heavy atom. The maximum Gasteiger partial charge on any atom is 0.214 e. The number of sulfonamides is 1. The summed E-state index contributed by atoms with van der Waals surface area (Å²) in [6.07, 6.45) is 8.57. The summed E-state index contributed by atoms with van der Waals surface area (Å²) < 4.78 is 26.9. The molecule has 5 nitrogen and oxygen atoms in total. The van der Waals surface area contributed by atoms with Crippen molar-refractivity contribution >= 4 is 10.0 Å². The third-order valence-corrected chi connectivity index (χ3v) is 7.34. The van der Waals surface area contributed by atoms with Crippen LogP contribution in [0, 0.1) is 5.41 Å². The van der Waals surface area contributed by atoms with Crippen molar-refractivity contribution in [3.63, 3.8) is 0 Å². The minimum absolute atomic E-state index is 0.101. The maximum atomic E-state index is 12.0. The van der Waals surface area contributed by atoms with Crippen LogP contribution in [0.2, 0.25) is 0 Å². The monoisotopic (exact) mass is 321 g/mol. The second-order valence-electron chi connectivity index (χ2n) is 7.28. The van der Waals surface area contributed by atoms with E-state index in [1.807, 2.05) is 12.4 Å². The summed E-state index contributed by atoms with van der Waals surface area (Å²) in [6.45, 7) is 3.18. The molecule has 2 aliphatic carbocycles. The lowest BCUT2D eigenvalue weighted by molar-refractivity contribution is 0.101. The van der Waals surface area contributed by atoms with E-state index in [1.54, 1.807) is 0 Å². The molecule has 2 heterocycles. The van der Waals surface area contributed by atoms with Crippen LogP contribution in [0.4, 0.5) is 0 Å². The molecule has 1 aromatic heterocycles. The molecule has 1 aromatic rings. The first-order valence-corrected chi connectivity index (χ1v) is 9.72. The molecule has 0 bridgehead atoms. The van der Waals surface area contributed by atoms with Crippen LogP contribution in [-0.2, 0) is 16.6 Å². The van der Waals surface area contributed by atoms with Gasteiger partial charge in [0.25, 0.3) is 0 Å². The second kappa shape index (κ2) is 5.28. The third kappa shape index (κ3) is 2.92. The zero-order valence-corrected chi connectivity index (χ0v) is 13.6. The number of pyridine rings is 1. The van der Waals surface area contributed by atoms with E-state index in [4.69, 9.17) is 0 Å². The third-order valence-electron chi connectivity index (χ3n) is 5.33. The van der Waals surface area contributed by atoms with Crippen molar-refractivity contribution in [2.45, 2.75) is 49.9 Å². The van der Waals surface area contributed by atoms with Crippen LogP contribution in [0.1, 0.15) is 37.7 Å². The van der Waals surface area contributed by atoms with Gasteiger partial charge in [-0.1, -0.05) is 0 Å². The molecule has 1 N–H and O–H groups in total. The Hall–Kier alpha value is -0.980. The van der Waals surface area contributed by atoms with Gasteiger partial charge in [0.05, 0.1) is 5.25 Å². The molecule has 22 heavy (non-hydrogen) atoms. The normalized spacial score (nSPS) is 32.3. The van der Waals surface area contributed by atoms with Gasteiger partial charge in [0, 0.05) is 31.5 Å². The van der Waals surface area contributed by atoms with Gasteiger partial charge in [-0.05, 0) is 61.8 Å². The molecule has 4 rings (SSSR count). The smallest absolute Gasteiger partial charge is 0.214 e. The topological polar surface area (TPSA) is 62.3 Å². The molecule has 0 amide bonds. The second-order valence-corrected chi connectivity index (χ2v) is 9.28. The summed E-state index contributed by atoms with van der Waals surface area (Å²) in [5.41, 5.74) is 1.65. The minimum Gasteiger partial charge on any atom is -0.299 e. The van der Waals surface area contributed by atoms with Crippen LogP contribution in [0.25, 0.3) is 0 Å². The Labute approximate surface area is 132 Å². The molecule has 0 atom stereocenters. The first-order valence-electron chi connectivity index (χ1n) is 8.17. The summed E-state index contributed by atoms with van der Waals surface area (Å²) in [6, 6.07) is 4.31. The van der Waals surface area contributed by atoms with Crippen LogP contribution >= 0.6 is 0 Å². The van der Waals surface area contributed by atoms with E-state index < -0.39 is 10.0 Å². The standard InChI is InChI=1S/C16H23N3O2S/c20-22(21,15-1-2-15)18-14-9-16(10-14)5-8-19(12-16)11-13-3-6-17-7-4-13/h3-4,6-7,14-15,18H,1-2,5,8-12H2. The van der Waals surface area contributed by atoms with Crippen molar-refractivity contribution in [1.82, 2.24) is 14.6 Å². The number of hydrogen-bond acceptors (Lipinski definition) is 4. The van der Waals surface area contributed by atoms with Gasteiger partial charge >= 0.3 is 0 Å². The number of nitrogens with one attached hydrogen (secondary N) is 1. The molecule has 3 fully saturated rings. The average molecular weight is 321 g/mol. The predicted octanol–water partition coefficient (Wildman–Crippen LogP) is 1.52. The molecular weight excluding hydrogens is 298 g/mol. The van der Waals surface area contributed by atoms with E-state index in [1.165, 1.54) is 12.0 Å². The number of hydrogen-bond donors (Lipinski definition) is 1. The van der Waals surface area contributed by atoms with E-state index >= 15 is 0 Å². The molecule has 1 spiro atoms. The summed E-state index contributed by atoms with van der Waals surface area (Å²) in [4.78, 5) is 6.54. The Balaban J connectivity index is 1.29. The zero-order valence-electron chi connectivity index (χ0n) is 12.7. The fourth-order valence-corrected chi connectivity index (χ4v) is 5.60. The highest BCUT2D eigenvalue weighted by molar-refractivity contribution is 7.90. The molecule has 0 unspecified atom stereocenters. The largest absolute Gasteiger partial charge is 0.299 e. The minimum atomic E-state index is -3.03. The lowest BCUT2D eigenvalue weighted by Crippen LogP contribution is -2.52. The Morgan fingerprint density at radius 1 is 1.27 bits per heavy atom. The summed E-state index contributed by atoms with van der Waals surface area (Å²) in [7, 11) is -3.03. The van der Waals surface area contributed by atoms with Gasteiger partial charge in [0.1, 0.15) is 0 Å². The molecule has 1 saturated heterocycles. The Morgan fingerprint density at radius 3 is 2.68 bits per heavy atom. The highest BCUT2D eigenvalue weighted by Crippen LogP contribution is 2.49. The molecule has 120 valence electrons. The number of rotatable bonds is 5. The van der Waals surface area contributed by atoms with Gasteiger partial charge in [-0.2, -0.15) is 0 Å². The lowest BCUT2D eigenvalue weighted by atomic mass is 9.65. The van der Waals surface area contributed by atoms with Crippen LogP contribution in [-0.4, -0.2) is 42.7 Å². The van der Waals surface area contributed by atoms with Crippen molar-refractivity contribution < 1.29 is 8.42 Å². The van der Waals surface area contributed by atoms with Gasteiger partial charge in [-0.15, -0.1) is 0 Å². The van der Waals surface area contributed by atoms with Gasteiger partial charge < -0.3 is 0 Å². The molecule has 1 aliphatic heterocycles. The Bertz CT molecular complexity index is 637. The van der Waals surface area contributed by atoms with E-state index in [-0.39, 0.29) is 11.3 Å². The highest BCUT2D eigenvalue weighted by Gasteiger charge is 2.50. The summed E-state index contributed by atoms with van der Waals surface area (Å²) in [5.74, 6) is 0. The van der Waals surface area contributed by atoms with Gasteiger partial charge in [0.15, 0.2) is 0 Å². The van der Waals surface area contributed by atoms with Crippen molar-refractivity contribution in [1.29, 1.82) is 0 Å². The first-order chi connectivity index (χ1) is 10.5. The lowest BCUT2D eigenvalue weighted by Gasteiger charge is -2.45. The van der Waals surface area contributed by atoms with E-state index in [0.29, 0.717) is 5.41 Å². The average Bonchev–Trinajstić information content (AvgIpc) is 3.23. The number of aromatic nitrogens is 1. The van der Waals surface area contributed by atoms with E-state index in [2.05, 4.69) is 26.7 Å². The number of nitrogens with zero attached hydrogens (tertiary/aromatic N) is 2. The summed E-state index contributed by atoms with van der Waals surface area (Å²) in [5, 5.41) is -0.101. The highest BCUT2D eigenvalue weighted by atomic mass is 32.2. The molecule has 0 aromatic carbocycles. The van der Waals surface area contributed by atoms with Crippen molar-refractivity contribution in [3.8, 4) is 0 Å². The van der Waals surface area contributed by atoms with Gasteiger partial charge in [0.2, 0.25) is 10.0 Å². The van der Waals surface area contributed by atoms with E-state index in [0.717, 1.165) is 45.3 Å². The van der Waals surface area contributed by atoms with Crippen LogP contribution in [0.15, 0.2) is 24.5 Å². The van der Waals surface area contributed by atoms with Crippen molar-refractivity contribution in [3.05, 3.63) is 30.1 Å². The molecule has 0 radical (unpaired) electrons. The SMILES string of the molecule is O=S(=O)(NC1CC2(CCN(Cc3ccncc3)C2)C1)C1CC1.